The first-order valence-corrected chi connectivity index (χ1v) is 22.3. The van der Waals surface area contributed by atoms with Gasteiger partial charge in [0.1, 0.15) is 5.92 Å². The average molecular weight is 722 g/mol. The maximum atomic E-state index is 13.2. The van der Waals surface area contributed by atoms with Gasteiger partial charge in [0.05, 0.1) is 6.04 Å². The highest BCUT2D eigenvalue weighted by atomic mass is 16.2. The van der Waals surface area contributed by atoms with Crippen molar-refractivity contribution in [3.63, 3.8) is 0 Å². The van der Waals surface area contributed by atoms with Gasteiger partial charge in [-0.2, -0.15) is 0 Å². The van der Waals surface area contributed by atoms with Crippen LogP contribution in [0.3, 0.4) is 0 Å². The van der Waals surface area contributed by atoms with E-state index in [9.17, 15) is 14.4 Å². The molecule has 302 valence electrons. The molecule has 0 saturated heterocycles. The number of carbonyl (C=O) groups is 3. The van der Waals surface area contributed by atoms with Gasteiger partial charge in [-0.15, -0.1) is 0 Å². The zero-order chi connectivity index (χ0) is 37.5. The monoisotopic (exact) mass is 722 g/mol. The van der Waals surface area contributed by atoms with Crippen molar-refractivity contribution in [1.82, 2.24) is 16.0 Å². The summed E-state index contributed by atoms with van der Waals surface area (Å²) >= 11 is 0. The molecule has 0 aromatic carbocycles. The zero-order valence-electron chi connectivity index (χ0n) is 34.0. The number of amides is 3. The van der Waals surface area contributed by atoms with Crippen LogP contribution in [0.15, 0.2) is 0 Å². The van der Waals surface area contributed by atoms with Crippen LogP contribution in [0.5, 0.6) is 0 Å². The number of hydrogen-bond donors (Lipinski definition) is 5. The third-order valence-electron chi connectivity index (χ3n) is 10.3. The molecule has 0 aromatic rings. The van der Waals surface area contributed by atoms with Crippen LogP contribution in [0.25, 0.3) is 0 Å². The van der Waals surface area contributed by atoms with Crippen LogP contribution in [-0.4, -0.2) is 49.9 Å². The minimum Gasteiger partial charge on any atom is -0.355 e. The third kappa shape index (κ3) is 33.9. The van der Waals surface area contributed by atoms with E-state index in [0.717, 1.165) is 44.9 Å². The number of nitrogens with two attached hydrogens (primary N) is 2. The molecule has 3 amide bonds. The van der Waals surface area contributed by atoms with Crippen molar-refractivity contribution in [1.29, 1.82) is 0 Å². The minimum absolute atomic E-state index is 0.164. The first-order valence-electron chi connectivity index (χ1n) is 22.3. The van der Waals surface area contributed by atoms with Crippen molar-refractivity contribution in [3.8, 4) is 0 Å². The van der Waals surface area contributed by atoms with Crippen molar-refractivity contribution in [2.75, 3.05) is 26.2 Å². The second-order valence-corrected chi connectivity index (χ2v) is 15.3. The van der Waals surface area contributed by atoms with Gasteiger partial charge in [-0.25, -0.2) is 0 Å². The van der Waals surface area contributed by atoms with Crippen molar-refractivity contribution in [2.24, 2.45) is 17.4 Å². The minimum atomic E-state index is -0.691. The molecule has 0 radical (unpaired) electrons. The fraction of sp³-hybridized carbons (Fsp3) is 0.930. The Hall–Kier alpha value is -1.67. The van der Waals surface area contributed by atoms with E-state index in [0.29, 0.717) is 32.5 Å². The molecule has 2 unspecified atom stereocenters. The van der Waals surface area contributed by atoms with Crippen LogP contribution in [0.1, 0.15) is 219 Å². The molecule has 0 fully saturated rings. The van der Waals surface area contributed by atoms with E-state index in [1.807, 2.05) is 0 Å². The molecule has 0 aliphatic carbocycles. The predicted molar refractivity (Wildman–Crippen MR) is 219 cm³/mol. The largest absolute Gasteiger partial charge is 0.355 e. The summed E-state index contributed by atoms with van der Waals surface area (Å²) in [6.07, 6.45) is 38.9. The molecule has 0 aliphatic heterocycles. The predicted octanol–water partition coefficient (Wildman–Crippen LogP) is 9.76. The maximum Gasteiger partial charge on any atom is 0.236 e. The van der Waals surface area contributed by atoms with Gasteiger partial charge < -0.3 is 27.4 Å². The Labute approximate surface area is 316 Å². The molecule has 0 saturated carbocycles. The lowest BCUT2D eigenvalue weighted by molar-refractivity contribution is -0.135. The number of unbranched alkanes of at least 4 members (excludes halogenated alkanes) is 27. The highest BCUT2D eigenvalue weighted by molar-refractivity contribution is 6.00. The molecule has 7 N–H and O–H groups in total. The Morgan fingerprint density at radius 2 is 0.706 bits per heavy atom. The van der Waals surface area contributed by atoms with E-state index < -0.39 is 12.0 Å². The summed E-state index contributed by atoms with van der Waals surface area (Å²) in [5.41, 5.74) is 11.5. The van der Waals surface area contributed by atoms with Crippen LogP contribution in [0.4, 0.5) is 0 Å². The summed E-state index contributed by atoms with van der Waals surface area (Å²) in [6, 6.07) is -0.569. The summed E-state index contributed by atoms with van der Waals surface area (Å²) in [4.78, 5) is 38.6. The summed E-state index contributed by atoms with van der Waals surface area (Å²) in [6.45, 7) is 6.33. The highest BCUT2D eigenvalue weighted by Gasteiger charge is 2.25. The fourth-order valence-electron chi connectivity index (χ4n) is 6.84. The lowest BCUT2D eigenvalue weighted by Crippen LogP contribution is -2.46. The summed E-state index contributed by atoms with van der Waals surface area (Å²) in [7, 11) is 0. The molecule has 0 spiro atoms. The van der Waals surface area contributed by atoms with E-state index in [4.69, 9.17) is 11.5 Å². The molecule has 8 heteroatoms. The first kappa shape index (κ1) is 49.3. The number of rotatable bonds is 40. The highest BCUT2D eigenvalue weighted by Crippen LogP contribution is 2.16. The van der Waals surface area contributed by atoms with Gasteiger partial charge in [0.15, 0.2) is 0 Å². The van der Waals surface area contributed by atoms with Gasteiger partial charge >= 0.3 is 0 Å². The average Bonchev–Trinajstić information content (AvgIpc) is 3.13. The summed E-state index contributed by atoms with van der Waals surface area (Å²) < 4.78 is 0. The summed E-state index contributed by atoms with van der Waals surface area (Å²) in [5, 5.41) is 8.76. The molecule has 0 aliphatic rings. The first-order chi connectivity index (χ1) is 25.0. The smallest absolute Gasteiger partial charge is 0.236 e. The van der Waals surface area contributed by atoms with E-state index in [-0.39, 0.29) is 24.3 Å². The van der Waals surface area contributed by atoms with Crippen LogP contribution in [0.2, 0.25) is 0 Å². The molecular weight excluding hydrogens is 635 g/mol. The number of nitrogens with one attached hydrogen (secondary N) is 3. The molecule has 8 nitrogen and oxygen atoms in total. The zero-order valence-corrected chi connectivity index (χ0v) is 34.0. The van der Waals surface area contributed by atoms with Crippen LogP contribution >= 0.6 is 0 Å². The second kappa shape index (κ2) is 39.5. The van der Waals surface area contributed by atoms with Crippen LogP contribution in [-0.2, 0) is 14.4 Å². The van der Waals surface area contributed by atoms with Gasteiger partial charge in [-0.3, -0.25) is 14.4 Å². The van der Waals surface area contributed by atoms with E-state index in [2.05, 4.69) is 29.8 Å². The van der Waals surface area contributed by atoms with Crippen molar-refractivity contribution >= 4 is 17.7 Å². The maximum absolute atomic E-state index is 13.2. The van der Waals surface area contributed by atoms with E-state index >= 15 is 0 Å². The molecule has 0 bridgehead atoms. The van der Waals surface area contributed by atoms with Crippen molar-refractivity contribution < 1.29 is 14.4 Å². The molecule has 0 heterocycles. The van der Waals surface area contributed by atoms with Gasteiger partial charge in [-0.05, 0) is 32.2 Å². The van der Waals surface area contributed by atoms with Crippen LogP contribution < -0.4 is 27.4 Å². The summed E-state index contributed by atoms with van der Waals surface area (Å²) in [5.74, 6) is -1.32. The van der Waals surface area contributed by atoms with Gasteiger partial charge in [0.25, 0.3) is 0 Å². The lowest BCUT2D eigenvalue weighted by Gasteiger charge is -2.17. The Bertz CT molecular complexity index is 781. The molecule has 0 aromatic heterocycles. The molecule has 2 atom stereocenters. The van der Waals surface area contributed by atoms with Crippen molar-refractivity contribution in [3.05, 3.63) is 0 Å². The number of hydrogen-bond acceptors (Lipinski definition) is 5. The van der Waals surface area contributed by atoms with Gasteiger partial charge in [-0.1, -0.05) is 194 Å². The van der Waals surface area contributed by atoms with Gasteiger partial charge in [0, 0.05) is 19.6 Å². The standard InChI is InChI=1S/C43H87N5O3/c1-3-5-7-9-11-13-15-17-19-21-23-25-27-29-33-39(42(50)47-37-38-48-43(51)40(45)34-30-31-35-44)41(49)46-36-32-28-26-24-22-20-18-16-14-12-10-8-6-4-2/h39-40H,3-38,44-45H2,1-2H3,(H,46,49)(H,47,50)(H,48,51). The molecular formula is C43H87N5O3. The topological polar surface area (TPSA) is 139 Å². The lowest BCUT2D eigenvalue weighted by atomic mass is 9.97. The quantitative estimate of drug-likeness (QED) is 0.0317. The molecule has 51 heavy (non-hydrogen) atoms. The Morgan fingerprint density at radius 1 is 0.392 bits per heavy atom. The fourth-order valence-corrected chi connectivity index (χ4v) is 6.84. The van der Waals surface area contributed by atoms with Gasteiger partial charge in [0.2, 0.25) is 17.7 Å². The van der Waals surface area contributed by atoms with E-state index in [1.165, 1.54) is 148 Å². The SMILES string of the molecule is CCCCCCCCCCCCCCCCNC(=O)C(CCCCCCCCCCCCCCCC)C(=O)NCCNC(=O)C(N)CCCCN. The Kier molecular flexibility index (Phi) is 38.2. The Balaban J connectivity index is 4.34. The van der Waals surface area contributed by atoms with Crippen molar-refractivity contribution in [2.45, 2.75) is 225 Å². The second-order valence-electron chi connectivity index (χ2n) is 15.3. The third-order valence-corrected chi connectivity index (χ3v) is 10.3. The number of carbonyl (C=O) groups excluding carboxylic acids is 3. The Morgan fingerprint density at radius 3 is 1.10 bits per heavy atom. The molecule has 0 rings (SSSR count). The normalized spacial score (nSPS) is 12.5. The van der Waals surface area contributed by atoms with E-state index in [1.54, 1.807) is 0 Å². The van der Waals surface area contributed by atoms with Crippen LogP contribution in [0, 0.1) is 5.92 Å².